The van der Waals surface area contributed by atoms with Crippen LogP contribution in [-0.2, 0) is 11.2 Å². The maximum Gasteiger partial charge on any atom is 0.231 e. The molecular weight excluding hydrogens is 280 g/mol. The average molecular weight is 298 g/mol. The summed E-state index contributed by atoms with van der Waals surface area (Å²) >= 11 is 0. The van der Waals surface area contributed by atoms with E-state index in [0.29, 0.717) is 12.2 Å². The third kappa shape index (κ3) is 3.19. The molecule has 0 fully saturated rings. The van der Waals surface area contributed by atoms with Gasteiger partial charge in [-0.2, -0.15) is 0 Å². The predicted octanol–water partition coefficient (Wildman–Crippen LogP) is 2.54. The van der Waals surface area contributed by atoms with E-state index < -0.39 is 0 Å². The maximum absolute atomic E-state index is 12.2. The molecule has 2 heterocycles. The SMILES string of the molecule is Cc1ccc([C@@H](C)NC(=O)Cc2ccc3c(c2)OCO3)cn1. The van der Waals surface area contributed by atoms with Crippen LogP contribution in [-0.4, -0.2) is 17.7 Å². The van der Waals surface area contributed by atoms with Crippen molar-refractivity contribution in [2.75, 3.05) is 6.79 Å². The smallest absolute Gasteiger partial charge is 0.231 e. The second-order valence-electron chi connectivity index (χ2n) is 5.39. The second-order valence-corrected chi connectivity index (χ2v) is 5.39. The van der Waals surface area contributed by atoms with Crippen LogP contribution in [0.1, 0.15) is 29.8 Å². The van der Waals surface area contributed by atoms with Crippen molar-refractivity contribution in [3.05, 3.63) is 53.3 Å². The molecule has 2 aromatic rings. The molecule has 3 rings (SSSR count). The summed E-state index contributed by atoms with van der Waals surface area (Å²) in [7, 11) is 0. The van der Waals surface area contributed by atoms with Gasteiger partial charge in [-0.1, -0.05) is 12.1 Å². The highest BCUT2D eigenvalue weighted by Gasteiger charge is 2.15. The average Bonchev–Trinajstić information content (AvgIpc) is 2.95. The molecular formula is C17H18N2O3. The molecule has 0 saturated carbocycles. The first kappa shape index (κ1) is 14.4. The lowest BCUT2D eigenvalue weighted by molar-refractivity contribution is -0.121. The second kappa shape index (κ2) is 6.05. The Bertz CT molecular complexity index is 683. The lowest BCUT2D eigenvalue weighted by Gasteiger charge is -2.14. The predicted molar refractivity (Wildman–Crippen MR) is 81.8 cm³/mol. The first-order valence-electron chi connectivity index (χ1n) is 7.22. The van der Waals surface area contributed by atoms with E-state index in [0.717, 1.165) is 22.6 Å². The Morgan fingerprint density at radius 1 is 1.27 bits per heavy atom. The van der Waals surface area contributed by atoms with Crippen LogP contribution < -0.4 is 14.8 Å². The zero-order chi connectivity index (χ0) is 15.5. The van der Waals surface area contributed by atoms with E-state index in [4.69, 9.17) is 9.47 Å². The summed E-state index contributed by atoms with van der Waals surface area (Å²) in [6, 6.07) is 9.40. The number of benzene rings is 1. The fourth-order valence-corrected chi connectivity index (χ4v) is 2.35. The van der Waals surface area contributed by atoms with E-state index in [1.54, 1.807) is 6.20 Å². The molecule has 1 N–H and O–H groups in total. The minimum atomic E-state index is -0.0744. The number of nitrogens with zero attached hydrogens (tertiary/aromatic N) is 1. The number of rotatable bonds is 4. The normalized spacial score (nSPS) is 13.7. The van der Waals surface area contributed by atoms with E-state index in [-0.39, 0.29) is 18.7 Å². The topological polar surface area (TPSA) is 60.5 Å². The van der Waals surface area contributed by atoms with Gasteiger partial charge in [-0.05, 0) is 43.2 Å². The van der Waals surface area contributed by atoms with Gasteiger partial charge in [0.25, 0.3) is 0 Å². The van der Waals surface area contributed by atoms with Gasteiger partial charge in [0.15, 0.2) is 11.5 Å². The number of aromatic nitrogens is 1. The van der Waals surface area contributed by atoms with Crippen molar-refractivity contribution >= 4 is 5.91 Å². The van der Waals surface area contributed by atoms with Crippen LogP contribution in [0.2, 0.25) is 0 Å². The molecule has 5 nitrogen and oxygen atoms in total. The summed E-state index contributed by atoms with van der Waals surface area (Å²) in [5.41, 5.74) is 2.85. The van der Waals surface area contributed by atoms with E-state index in [1.807, 2.05) is 44.2 Å². The zero-order valence-corrected chi connectivity index (χ0v) is 12.6. The molecule has 1 aliphatic heterocycles. The number of ether oxygens (including phenoxy) is 2. The van der Waals surface area contributed by atoms with E-state index in [9.17, 15) is 4.79 Å². The number of fused-ring (bicyclic) bond motifs is 1. The summed E-state index contributed by atoms with van der Waals surface area (Å²) in [6.45, 7) is 4.12. The number of nitrogens with one attached hydrogen (secondary N) is 1. The molecule has 0 unspecified atom stereocenters. The molecule has 0 bridgehead atoms. The van der Waals surface area contributed by atoms with Crippen LogP contribution in [0.15, 0.2) is 36.5 Å². The van der Waals surface area contributed by atoms with Gasteiger partial charge in [-0.3, -0.25) is 9.78 Å². The highest BCUT2D eigenvalue weighted by atomic mass is 16.7. The van der Waals surface area contributed by atoms with Crippen LogP contribution in [0.25, 0.3) is 0 Å². The fraction of sp³-hybridized carbons (Fsp3) is 0.294. The van der Waals surface area contributed by atoms with Gasteiger partial charge in [0.2, 0.25) is 12.7 Å². The number of aryl methyl sites for hydroxylation is 1. The zero-order valence-electron chi connectivity index (χ0n) is 12.6. The molecule has 0 spiro atoms. The largest absolute Gasteiger partial charge is 0.454 e. The molecule has 1 aromatic heterocycles. The summed E-state index contributed by atoms with van der Waals surface area (Å²) in [5.74, 6) is 1.39. The number of carbonyl (C=O) groups excluding carboxylic acids is 1. The third-order valence-corrected chi connectivity index (χ3v) is 3.61. The fourth-order valence-electron chi connectivity index (χ4n) is 2.35. The first-order chi connectivity index (χ1) is 10.6. The van der Waals surface area contributed by atoms with Gasteiger partial charge in [0.05, 0.1) is 12.5 Å². The lowest BCUT2D eigenvalue weighted by atomic mass is 10.1. The van der Waals surface area contributed by atoms with Crippen molar-refractivity contribution < 1.29 is 14.3 Å². The highest BCUT2D eigenvalue weighted by Crippen LogP contribution is 2.32. The van der Waals surface area contributed by atoms with Crippen LogP contribution in [0.4, 0.5) is 0 Å². The number of hydrogen-bond donors (Lipinski definition) is 1. The molecule has 114 valence electrons. The standard InChI is InChI=1S/C17H18N2O3/c1-11-3-5-14(9-18-11)12(2)19-17(20)8-13-4-6-15-16(7-13)22-10-21-15/h3-7,9,12H,8,10H2,1-2H3,(H,19,20)/t12-/m1/s1. The van der Waals surface area contributed by atoms with Crippen LogP contribution in [0, 0.1) is 6.92 Å². The minimum Gasteiger partial charge on any atom is -0.454 e. The van der Waals surface area contributed by atoms with Gasteiger partial charge in [-0.15, -0.1) is 0 Å². The van der Waals surface area contributed by atoms with Gasteiger partial charge in [0.1, 0.15) is 0 Å². The Morgan fingerprint density at radius 3 is 2.86 bits per heavy atom. The molecule has 0 saturated heterocycles. The summed E-state index contributed by atoms with van der Waals surface area (Å²) < 4.78 is 10.6. The lowest BCUT2D eigenvalue weighted by Crippen LogP contribution is -2.28. The third-order valence-electron chi connectivity index (χ3n) is 3.61. The number of hydrogen-bond acceptors (Lipinski definition) is 4. The summed E-state index contributed by atoms with van der Waals surface area (Å²) in [5, 5.41) is 2.98. The Hall–Kier alpha value is -2.56. The van der Waals surface area contributed by atoms with E-state index >= 15 is 0 Å². The molecule has 0 radical (unpaired) electrons. The summed E-state index contributed by atoms with van der Waals surface area (Å²) in [4.78, 5) is 16.4. The Balaban J connectivity index is 1.61. The summed E-state index contributed by atoms with van der Waals surface area (Å²) in [6.07, 6.45) is 2.10. The van der Waals surface area contributed by atoms with Crippen molar-refractivity contribution in [2.45, 2.75) is 26.3 Å². The number of amides is 1. The van der Waals surface area contributed by atoms with E-state index in [1.165, 1.54) is 0 Å². The van der Waals surface area contributed by atoms with Crippen molar-refractivity contribution in [3.63, 3.8) is 0 Å². The molecule has 1 aromatic carbocycles. The molecule has 5 heteroatoms. The number of pyridine rings is 1. The van der Waals surface area contributed by atoms with Gasteiger partial charge in [0, 0.05) is 11.9 Å². The molecule has 1 amide bonds. The van der Waals surface area contributed by atoms with Crippen LogP contribution in [0.5, 0.6) is 11.5 Å². The molecule has 22 heavy (non-hydrogen) atoms. The van der Waals surface area contributed by atoms with Crippen molar-refractivity contribution in [1.82, 2.24) is 10.3 Å². The minimum absolute atomic E-state index is 0.0352. The molecule has 0 aliphatic carbocycles. The highest BCUT2D eigenvalue weighted by molar-refractivity contribution is 5.79. The molecule has 1 atom stereocenters. The van der Waals surface area contributed by atoms with Gasteiger partial charge >= 0.3 is 0 Å². The monoisotopic (exact) mass is 298 g/mol. The van der Waals surface area contributed by atoms with Crippen molar-refractivity contribution in [1.29, 1.82) is 0 Å². The number of carbonyl (C=O) groups is 1. The Morgan fingerprint density at radius 2 is 2.09 bits per heavy atom. The van der Waals surface area contributed by atoms with Crippen molar-refractivity contribution in [2.24, 2.45) is 0 Å². The van der Waals surface area contributed by atoms with Crippen LogP contribution in [0.3, 0.4) is 0 Å². The van der Waals surface area contributed by atoms with Crippen LogP contribution >= 0.6 is 0 Å². The first-order valence-corrected chi connectivity index (χ1v) is 7.22. The molecule has 1 aliphatic rings. The Labute approximate surface area is 129 Å². The van der Waals surface area contributed by atoms with E-state index in [2.05, 4.69) is 10.3 Å². The van der Waals surface area contributed by atoms with Gasteiger partial charge < -0.3 is 14.8 Å². The maximum atomic E-state index is 12.2. The van der Waals surface area contributed by atoms with Gasteiger partial charge in [-0.25, -0.2) is 0 Å². The van der Waals surface area contributed by atoms with Crippen molar-refractivity contribution in [3.8, 4) is 11.5 Å². The quantitative estimate of drug-likeness (QED) is 0.942. The Kier molecular flexibility index (Phi) is 3.96.